The van der Waals surface area contributed by atoms with Crippen LogP contribution in [-0.4, -0.2) is 41.2 Å². The molecule has 4 rings (SSSR count). The van der Waals surface area contributed by atoms with Crippen LogP contribution in [0, 0.1) is 11.3 Å². The third kappa shape index (κ3) is 3.11. The maximum atomic E-state index is 12.6. The Labute approximate surface area is 154 Å². The number of carbonyl (C=O) groups is 1. The first-order chi connectivity index (χ1) is 12.5. The van der Waals surface area contributed by atoms with Gasteiger partial charge in [0.25, 0.3) is 0 Å². The zero-order valence-corrected chi connectivity index (χ0v) is 15.8. The van der Waals surface area contributed by atoms with Crippen LogP contribution in [0.2, 0.25) is 0 Å². The summed E-state index contributed by atoms with van der Waals surface area (Å²) >= 11 is 0. The molecule has 1 saturated heterocycles. The molecule has 0 spiro atoms. The molecule has 1 aliphatic carbocycles. The largest absolute Gasteiger partial charge is 0.497 e. The molecular weight excluding hydrogens is 326 g/mol. The lowest BCUT2D eigenvalue weighted by molar-refractivity contribution is -0.134. The molecule has 1 amide bonds. The monoisotopic (exact) mass is 353 g/mol. The minimum atomic E-state index is 0.205. The molecule has 1 aromatic carbocycles. The number of hydrogen-bond acceptors (Lipinski definition) is 3. The minimum absolute atomic E-state index is 0.205. The van der Waals surface area contributed by atoms with Gasteiger partial charge in [-0.05, 0) is 42.4 Å². The van der Waals surface area contributed by atoms with Crippen molar-refractivity contribution < 1.29 is 9.53 Å². The van der Waals surface area contributed by atoms with Gasteiger partial charge in [0.15, 0.2) is 0 Å². The van der Waals surface area contributed by atoms with E-state index in [1.807, 2.05) is 24.4 Å². The molecule has 5 heteroatoms. The molecule has 0 unspecified atom stereocenters. The Kier molecular flexibility index (Phi) is 4.25. The molecule has 2 aromatic rings. The second kappa shape index (κ2) is 6.45. The summed E-state index contributed by atoms with van der Waals surface area (Å²) in [4.78, 5) is 14.7. The maximum absolute atomic E-state index is 12.6. The quantitative estimate of drug-likeness (QED) is 0.908. The summed E-state index contributed by atoms with van der Waals surface area (Å²) < 4.78 is 5.35. The standard InChI is InChI=1S/C21H27N3O2/c1-21(2)12-18(21)20(25)24-9-7-14(8-10-24)19-17(13-22-23-19)15-5-4-6-16(11-15)26-3/h4-6,11,13-14,18H,7-10,12H2,1-3H3,(H,22,23)/t18-/m0/s1. The summed E-state index contributed by atoms with van der Waals surface area (Å²) in [5.74, 6) is 1.85. The fourth-order valence-electron chi connectivity index (χ4n) is 4.13. The van der Waals surface area contributed by atoms with E-state index in [9.17, 15) is 4.79 Å². The molecular formula is C21H27N3O2. The van der Waals surface area contributed by atoms with Gasteiger partial charge < -0.3 is 9.64 Å². The third-order valence-corrected chi connectivity index (χ3v) is 6.08. The Hall–Kier alpha value is -2.30. The number of nitrogens with one attached hydrogen (secondary N) is 1. The van der Waals surface area contributed by atoms with Crippen LogP contribution in [0.25, 0.3) is 11.1 Å². The van der Waals surface area contributed by atoms with Crippen molar-refractivity contribution in [3.05, 3.63) is 36.2 Å². The number of H-pyrrole nitrogens is 1. The van der Waals surface area contributed by atoms with E-state index < -0.39 is 0 Å². The van der Waals surface area contributed by atoms with E-state index in [4.69, 9.17) is 4.74 Å². The van der Waals surface area contributed by atoms with Crippen molar-refractivity contribution in [2.45, 2.75) is 39.0 Å². The number of aromatic amines is 1. The average Bonchev–Trinajstić information content (AvgIpc) is 3.08. The van der Waals surface area contributed by atoms with Gasteiger partial charge in [-0.2, -0.15) is 5.10 Å². The van der Waals surface area contributed by atoms with Crippen molar-refractivity contribution in [1.29, 1.82) is 0 Å². The molecule has 1 aromatic heterocycles. The molecule has 5 nitrogen and oxygen atoms in total. The number of ether oxygens (including phenoxy) is 1. The first-order valence-corrected chi connectivity index (χ1v) is 9.46. The highest BCUT2D eigenvalue weighted by Gasteiger charge is 2.52. The van der Waals surface area contributed by atoms with Gasteiger partial charge in [0.05, 0.1) is 13.3 Å². The molecule has 2 heterocycles. The van der Waals surface area contributed by atoms with E-state index in [1.165, 1.54) is 5.69 Å². The number of nitrogens with zero attached hydrogens (tertiary/aromatic N) is 2. The van der Waals surface area contributed by atoms with Crippen molar-refractivity contribution in [1.82, 2.24) is 15.1 Å². The molecule has 1 aliphatic heterocycles. The number of hydrogen-bond donors (Lipinski definition) is 1. The van der Waals surface area contributed by atoms with Gasteiger partial charge in [-0.1, -0.05) is 26.0 Å². The fraction of sp³-hybridized carbons (Fsp3) is 0.524. The van der Waals surface area contributed by atoms with Crippen LogP contribution in [-0.2, 0) is 4.79 Å². The zero-order chi connectivity index (χ0) is 18.3. The second-order valence-electron chi connectivity index (χ2n) is 8.27. The Bertz CT molecular complexity index is 803. The van der Waals surface area contributed by atoms with E-state index in [-0.39, 0.29) is 11.3 Å². The first-order valence-electron chi connectivity index (χ1n) is 9.46. The van der Waals surface area contributed by atoms with Gasteiger partial charge >= 0.3 is 0 Å². The summed E-state index contributed by atoms with van der Waals surface area (Å²) in [5, 5.41) is 7.50. The number of methoxy groups -OCH3 is 1. The van der Waals surface area contributed by atoms with Gasteiger partial charge in [-0.25, -0.2) is 0 Å². The average molecular weight is 353 g/mol. The lowest BCUT2D eigenvalue weighted by Crippen LogP contribution is -2.39. The maximum Gasteiger partial charge on any atom is 0.226 e. The molecule has 1 saturated carbocycles. The van der Waals surface area contributed by atoms with Crippen molar-refractivity contribution in [3.63, 3.8) is 0 Å². The van der Waals surface area contributed by atoms with Crippen LogP contribution in [0.15, 0.2) is 30.5 Å². The third-order valence-electron chi connectivity index (χ3n) is 6.08. The Morgan fingerprint density at radius 3 is 2.69 bits per heavy atom. The topological polar surface area (TPSA) is 58.2 Å². The van der Waals surface area contributed by atoms with Crippen LogP contribution in [0.1, 0.15) is 44.7 Å². The number of likely N-dealkylation sites (tertiary alicyclic amines) is 1. The predicted molar refractivity (Wildman–Crippen MR) is 101 cm³/mol. The summed E-state index contributed by atoms with van der Waals surface area (Å²) in [6, 6.07) is 8.09. The van der Waals surface area contributed by atoms with Gasteiger partial charge in [-0.15, -0.1) is 0 Å². The summed E-state index contributed by atoms with van der Waals surface area (Å²) in [5.41, 5.74) is 3.64. The van der Waals surface area contributed by atoms with E-state index in [2.05, 4.69) is 35.0 Å². The van der Waals surface area contributed by atoms with Crippen LogP contribution >= 0.6 is 0 Å². The van der Waals surface area contributed by atoms with Gasteiger partial charge in [0.1, 0.15) is 5.75 Å². The fourth-order valence-corrected chi connectivity index (χ4v) is 4.13. The second-order valence-corrected chi connectivity index (χ2v) is 8.27. The number of aromatic nitrogens is 2. The highest BCUT2D eigenvalue weighted by molar-refractivity contribution is 5.82. The molecule has 0 bridgehead atoms. The molecule has 1 N–H and O–H groups in total. The van der Waals surface area contributed by atoms with E-state index in [0.717, 1.165) is 49.2 Å². The Morgan fingerprint density at radius 1 is 1.31 bits per heavy atom. The number of amides is 1. The predicted octanol–water partition coefficient (Wildman–Crippen LogP) is 3.84. The number of rotatable bonds is 4. The molecule has 138 valence electrons. The van der Waals surface area contributed by atoms with E-state index in [1.54, 1.807) is 7.11 Å². The number of benzene rings is 1. The van der Waals surface area contributed by atoms with Crippen LogP contribution in [0.5, 0.6) is 5.75 Å². The van der Waals surface area contributed by atoms with Crippen molar-refractivity contribution in [2.24, 2.45) is 11.3 Å². The van der Waals surface area contributed by atoms with Crippen molar-refractivity contribution in [3.8, 4) is 16.9 Å². The lowest BCUT2D eigenvalue weighted by Gasteiger charge is -2.32. The molecule has 2 aliphatic rings. The SMILES string of the molecule is COc1cccc(-c2cn[nH]c2C2CCN(C(=O)[C@@H]3CC3(C)C)CC2)c1. The number of piperidine rings is 1. The van der Waals surface area contributed by atoms with E-state index >= 15 is 0 Å². The molecule has 2 fully saturated rings. The van der Waals surface area contributed by atoms with Crippen molar-refractivity contribution >= 4 is 5.91 Å². The smallest absolute Gasteiger partial charge is 0.226 e. The first kappa shape index (κ1) is 17.1. The minimum Gasteiger partial charge on any atom is -0.497 e. The van der Waals surface area contributed by atoms with Crippen LogP contribution in [0.3, 0.4) is 0 Å². The van der Waals surface area contributed by atoms with Crippen molar-refractivity contribution in [2.75, 3.05) is 20.2 Å². The van der Waals surface area contributed by atoms with E-state index in [0.29, 0.717) is 11.8 Å². The van der Waals surface area contributed by atoms with Gasteiger partial charge in [0, 0.05) is 36.2 Å². The number of carbonyl (C=O) groups excluding carboxylic acids is 1. The molecule has 0 radical (unpaired) electrons. The Balaban J connectivity index is 1.46. The summed E-state index contributed by atoms with van der Waals surface area (Å²) in [6.45, 7) is 6.06. The summed E-state index contributed by atoms with van der Waals surface area (Å²) in [7, 11) is 1.68. The van der Waals surface area contributed by atoms with Crippen LogP contribution < -0.4 is 4.74 Å². The molecule has 1 atom stereocenters. The Morgan fingerprint density at radius 2 is 2.04 bits per heavy atom. The highest BCUT2D eigenvalue weighted by atomic mass is 16.5. The molecule has 26 heavy (non-hydrogen) atoms. The zero-order valence-electron chi connectivity index (χ0n) is 15.8. The normalized spacial score (nSPS) is 22.3. The highest BCUT2D eigenvalue weighted by Crippen LogP contribution is 2.52. The van der Waals surface area contributed by atoms with Gasteiger partial charge in [-0.3, -0.25) is 9.89 Å². The van der Waals surface area contributed by atoms with Gasteiger partial charge in [0.2, 0.25) is 5.91 Å². The van der Waals surface area contributed by atoms with Crippen LogP contribution in [0.4, 0.5) is 0 Å². The summed E-state index contributed by atoms with van der Waals surface area (Å²) in [6.07, 6.45) is 4.90. The lowest BCUT2D eigenvalue weighted by atomic mass is 9.89.